The molecule has 2 heterocycles. The standard InChI is InChI=1S/C16H33N3/c1-16(2)8-5-9-17-15(16)13-19-10-6-14(7-11-19)12-18(3)4/h14-15,17H,5-13H2,1-4H3. The number of likely N-dealkylation sites (tertiary alicyclic amines) is 1. The zero-order valence-corrected chi connectivity index (χ0v) is 13.4. The van der Waals surface area contributed by atoms with Crippen LogP contribution < -0.4 is 5.32 Å². The van der Waals surface area contributed by atoms with E-state index in [9.17, 15) is 0 Å². The highest BCUT2D eigenvalue weighted by molar-refractivity contribution is 4.91. The van der Waals surface area contributed by atoms with Gasteiger partial charge in [-0.1, -0.05) is 13.8 Å². The molecule has 1 N–H and O–H groups in total. The average Bonchev–Trinajstić information content (AvgIpc) is 2.33. The Morgan fingerprint density at radius 3 is 2.47 bits per heavy atom. The van der Waals surface area contributed by atoms with Gasteiger partial charge in [-0.05, 0) is 70.7 Å². The maximum absolute atomic E-state index is 3.75. The Bertz CT molecular complexity index is 267. The van der Waals surface area contributed by atoms with Crippen LogP contribution in [0.15, 0.2) is 0 Å². The molecule has 2 aliphatic rings. The quantitative estimate of drug-likeness (QED) is 0.841. The lowest BCUT2D eigenvalue weighted by Crippen LogP contribution is -2.54. The topological polar surface area (TPSA) is 18.5 Å². The van der Waals surface area contributed by atoms with Gasteiger partial charge in [-0.25, -0.2) is 0 Å². The summed E-state index contributed by atoms with van der Waals surface area (Å²) >= 11 is 0. The van der Waals surface area contributed by atoms with E-state index < -0.39 is 0 Å². The first kappa shape index (κ1) is 15.3. The molecule has 2 saturated heterocycles. The van der Waals surface area contributed by atoms with Crippen LogP contribution in [0.3, 0.4) is 0 Å². The highest BCUT2D eigenvalue weighted by atomic mass is 15.2. The lowest BCUT2D eigenvalue weighted by Gasteiger charge is -2.43. The molecule has 2 rings (SSSR count). The smallest absolute Gasteiger partial charge is 0.0246 e. The minimum absolute atomic E-state index is 0.471. The van der Waals surface area contributed by atoms with Gasteiger partial charge in [-0.3, -0.25) is 0 Å². The van der Waals surface area contributed by atoms with E-state index in [2.05, 4.69) is 43.1 Å². The second kappa shape index (κ2) is 6.55. The van der Waals surface area contributed by atoms with E-state index in [1.54, 1.807) is 0 Å². The molecule has 0 saturated carbocycles. The largest absolute Gasteiger partial charge is 0.312 e. The van der Waals surface area contributed by atoms with Crippen molar-refractivity contribution in [1.29, 1.82) is 0 Å². The molecule has 3 nitrogen and oxygen atoms in total. The number of hydrogen-bond donors (Lipinski definition) is 1. The summed E-state index contributed by atoms with van der Waals surface area (Å²) in [4.78, 5) is 5.03. The first-order valence-electron chi connectivity index (χ1n) is 8.08. The molecule has 1 unspecified atom stereocenters. The number of nitrogens with one attached hydrogen (secondary N) is 1. The fourth-order valence-electron chi connectivity index (χ4n) is 3.71. The molecule has 2 fully saturated rings. The molecule has 0 spiro atoms. The van der Waals surface area contributed by atoms with Crippen molar-refractivity contribution in [2.45, 2.75) is 45.6 Å². The van der Waals surface area contributed by atoms with Crippen molar-refractivity contribution < 1.29 is 0 Å². The zero-order valence-electron chi connectivity index (χ0n) is 13.4. The first-order valence-corrected chi connectivity index (χ1v) is 8.08. The summed E-state index contributed by atoms with van der Waals surface area (Å²) in [6, 6.07) is 0.687. The lowest BCUT2D eigenvalue weighted by atomic mass is 9.77. The summed E-state index contributed by atoms with van der Waals surface area (Å²) < 4.78 is 0. The molecule has 19 heavy (non-hydrogen) atoms. The van der Waals surface area contributed by atoms with Gasteiger partial charge in [0.15, 0.2) is 0 Å². The van der Waals surface area contributed by atoms with Crippen LogP contribution in [0.25, 0.3) is 0 Å². The Morgan fingerprint density at radius 1 is 1.21 bits per heavy atom. The molecule has 0 aliphatic carbocycles. The van der Waals surface area contributed by atoms with Crippen LogP contribution in [-0.2, 0) is 0 Å². The monoisotopic (exact) mass is 267 g/mol. The highest BCUT2D eigenvalue weighted by Gasteiger charge is 2.33. The van der Waals surface area contributed by atoms with E-state index in [-0.39, 0.29) is 0 Å². The summed E-state index contributed by atoms with van der Waals surface area (Å²) in [5.41, 5.74) is 0.471. The molecule has 0 bridgehead atoms. The van der Waals surface area contributed by atoms with Crippen molar-refractivity contribution in [1.82, 2.24) is 15.1 Å². The van der Waals surface area contributed by atoms with E-state index in [1.807, 2.05) is 0 Å². The van der Waals surface area contributed by atoms with Crippen LogP contribution in [-0.4, -0.2) is 62.7 Å². The Hall–Kier alpha value is -0.120. The summed E-state index contributed by atoms with van der Waals surface area (Å²) in [6.45, 7) is 11.2. The maximum atomic E-state index is 3.75. The number of rotatable bonds is 4. The molecule has 1 atom stereocenters. The normalized spacial score (nSPS) is 29.8. The third-order valence-corrected chi connectivity index (χ3v) is 5.10. The van der Waals surface area contributed by atoms with Gasteiger partial charge in [0.2, 0.25) is 0 Å². The molecule has 0 radical (unpaired) electrons. The van der Waals surface area contributed by atoms with Crippen molar-refractivity contribution in [3.8, 4) is 0 Å². The van der Waals surface area contributed by atoms with Gasteiger partial charge in [0.05, 0.1) is 0 Å². The van der Waals surface area contributed by atoms with Crippen LogP contribution in [0.5, 0.6) is 0 Å². The Balaban J connectivity index is 1.76. The van der Waals surface area contributed by atoms with E-state index in [4.69, 9.17) is 0 Å². The first-order chi connectivity index (χ1) is 8.97. The second-order valence-corrected chi connectivity index (χ2v) is 7.61. The highest BCUT2D eigenvalue weighted by Crippen LogP contribution is 2.31. The van der Waals surface area contributed by atoms with E-state index in [0.29, 0.717) is 11.5 Å². The summed E-state index contributed by atoms with van der Waals surface area (Å²) in [6.07, 6.45) is 5.48. The molecular weight excluding hydrogens is 234 g/mol. The summed E-state index contributed by atoms with van der Waals surface area (Å²) in [5, 5.41) is 3.75. The Morgan fingerprint density at radius 2 is 1.89 bits per heavy atom. The van der Waals surface area contributed by atoms with Crippen molar-refractivity contribution >= 4 is 0 Å². The molecule has 0 amide bonds. The molecule has 112 valence electrons. The molecular formula is C16H33N3. The predicted octanol–water partition coefficient (Wildman–Crippen LogP) is 2.04. The van der Waals surface area contributed by atoms with Gasteiger partial charge in [0.1, 0.15) is 0 Å². The SMILES string of the molecule is CN(C)CC1CCN(CC2NCCCC2(C)C)CC1. The Labute approximate surface area is 119 Å². The third-order valence-electron chi connectivity index (χ3n) is 5.10. The van der Waals surface area contributed by atoms with Crippen LogP contribution in [0.2, 0.25) is 0 Å². The number of piperidine rings is 2. The van der Waals surface area contributed by atoms with Crippen molar-refractivity contribution in [3.63, 3.8) is 0 Å². The van der Waals surface area contributed by atoms with Gasteiger partial charge in [0, 0.05) is 19.1 Å². The lowest BCUT2D eigenvalue weighted by molar-refractivity contribution is 0.0975. The molecule has 2 aliphatic heterocycles. The van der Waals surface area contributed by atoms with Gasteiger partial charge in [0.25, 0.3) is 0 Å². The van der Waals surface area contributed by atoms with Crippen LogP contribution in [0.1, 0.15) is 39.5 Å². The van der Waals surface area contributed by atoms with Gasteiger partial charge < -0.3 is 15.1 Å². The molecule has 0 aromatic rings. The van der Waals surface area contributed by atoms with Crippen molar-refractivity contribution in [2.24, 2.45) is 11.3 Å². The van der Waals surface area contributed by atoms with Crippen LogP contribution >= 0.6 is 0 Å². The minimum Gasteiger partial charge on any atom is -0.312 e. The average molecular weight is 267 g/mol. The third kappa shape index (κ3) is 4.44. The fraction of sp³-hybridized carbons (Fsp3) is 1.00. The minimum atomic E-state index is 0.471. The molecule has 3 heteroatoms. The van der Waals surface area contributed by atoms with Crippen LogP contribution in [0.4, 0.5) is 0 Å². The number of hydrogen-bond acceptors (Lipinski definition) is 3. The van der Waals surface area contributed by atoms with E-state index >= 15 is 0 Å². The summed E-state index contributed by atoms with van der Waals surface area (Å²) in [5.74, 6) is 0.915. The Kier molecular flexibility index (Phi) is 5.27. The number of nitrogens with zero attached hydrogens (tertiary/aromatic N) is 2. The van der Waals surface area contributed by atoms with E-state index in [1.165, 1.54) is 58.4 Å². The van der Waals surface area contributed by atoms with Gasteiger partial charge >= 0.3 is 0 Å². The van der Waals surface area contributed by atoms with Crippen molar-refractivity contribution in [3.05, 3.63) is 0 Å². The second-order valence-electron chi connectivity index (χ2n) is 7.61. The molecule has 0 aromatic carbocycles. The fourth-order valence-corrected chi connectivity index (χ4v) is 3.71. The summed E-state index contributed by atoms with van der Waals surface area (Å²) in [7, 11) is 4.39. The maximum Gasteiger partial charge on any atom is 0.0246 e. The van der Waals surface area contributed by atoms with Crippen molar-refractivity contribution in [2.75, 3.05) is 46.8 Å². The van der Waals surface area contributed by atoms with Gasteiger partial charge in [-0.2, -0.15) is 0 Å². The van der Waals surface area contributed by atoms with E-state index in [0.717, 1.165) is 5.92 Å². The van der Waals surface area contributed by atoms with Gasteiger partial charge in [-0.15, -0.1) is 0 Å². The van der Waals surface area contributed by atoms with Crippen LogP contribution in [0, 0.1) is 11.3 Å². The predicted molar refractivity (Wildman–Crippen MR) is 82.5 cm³/mol. The molecule has 0 aromatic heterocycles. The zero-order chi connectivity index (χ0) is 13.9.